The number of rotatable bonds is 8. The minimum absolute atomic E-state index is 0.524. The van der Waals surface area contributed by atoms with E-state index in [1.54, 1.807) is 0 Å². The van der Waals surface area contributed by atoms with Crippen molar-refractivity contribution in [1.29, 1.82) is 0 Å². The molecule has 1 aromatic rings. The van der Waals surface area contributed by atoms with E-state index in [-0.39, 0.29) is 0 Å². The van der Waals surface area contributed by atoms with Gasteiger partial charge < -0.3 is 34.2 Å². The van der Waals surface area contributed by atoms with Crippen LogP contribution in [0, 0.1) is 0 Å². The van der Waals surface area contributed by atoms with Crippen LogP contribution < -0.4 is 11.2 Å². The summed E-state index contributed by atoms with van der Waals surface area (Å²) in [4.78, 5) is 60.5. The standard InChI is InChI=1S/C10H14FN2O15P3/c11-10-6(15)9(3-24-10,26-7(10)13-2-1-5(14)12-8(13)16)4-25-30(20,21)28-31(22,23)27-29(17,18)19/h1-2,6-7,15H,3-4H2,(H,20,21)(H,22,23)(H,12,14,16)(H2,17,18,19). The summed E-state index contributed by atoms with van der Waals surface area (Å²) in [6.45, 7) is -2.01. The molecule has 2 fully saturated rings. The summed E-state index contributed by atoms with van der Waals surface area (Å²) in [6, 6.07) is 0.839. The van der Waals surface area contributed by atoms with Crippen molar-refractivity contribution < 1.29 is 65.4 Å². The molecule has 2 bridgehead atoms. The van der Waals surface area contributed by atoms with Crippen LogP contribution in [0.2, 0.25) is 0 Å². The molecule has 0 radical (unpaired) electrons. The van der Waals surface area contributed by atoms with Gasteiger partial charge in [-0.1, -0.05) is 0 Å². The van der Waals surface area contributed by atoms with Crippen molar-refractivity contribution in [2.45, 2.75) is 23.8 Å². The van der Waals surface area contributed by atoms with Crippen molar-refractivity contribution in [3.05, 3.63) is 33.1 Å². The Hall–Kier alpha value is -1.10. The number of fused-ring (bicyclic) bond motifs is 2. The molecule has 0 saturated carbocycles. The Morgan fingerprint density at radius 2 is 1.84 bits per heavy atom. The van der Waals surface area contributed by atoms with Crippen molar-refractivity contribution in [2.24, 2.45) is 0 Å². The summed E-state index contributed by atoms with van der Waals surface area (Å²) >= 11 is 0. The lowest BCUT2D eigenvalue weighted by molar-refractivity contribution is -0.262. The number of hydrogen-bond donors (Lipinski definition) is 6. The van der Waals surface area contributed by atoms with E-state index in [0.717, 1.165) is 12.3 Å². The Kier molecular flexibility index (Phi) is 6.13. The molecule has 3 heterocycles. The average Bonchev–Trinajstić information content (AvgIpc) is 2.94. The van der Waals surface area contributed by atoms with Gasteiger partial charge in [-0.3, -0.25) is 18.9 Å². The summed E-state index contributed by atoms with van der Waals surface area (Å²) in [5, 5.41) is 10.3. The first-order valence-electron chi connectivity index (χ1n) is 7.77. The number of aromatic amines is 1. The Labute approximate surface area is 169 Å². The summed E-state index contributed by atoms with van der Waals surface area (Å²) in [6.07, 6.45) is -3.37. The summed E-state index contributed by atoms with van der Waals surface area (Å²) in [7, 11) is -17.0. The van der Waals surface area contributed by atoms with Crippen molar-refractivity contribution in [3.63, 3.8) is 0 Å². The maximum atomic E-state index is 15.2. The second-order valence-electron chi connectivity index (χ2n) is 6.31. The molecule has 6 atom stereocenters. The van der Waals surface area contributed by atoms with Crippen molar-refractivity contribution in [3.8, 4) is 0 Å². The average molecular weight is 514 g/mol. The summed E-state index contributed by atoms with van der Waals surface area (Å²) in [5.41, 5.74) is -4.19. The molecule has 0 amide bonds. The van der Waals surface area contributed by atoms with E-state index in [2.05, 4.69) is 13.1 Å². The SMILES string of the molecule is O=c1ccn(C2OC3(COP(=O)(O)OP(=O)(O)OP(=O)(O)O)COC2(F)C3O)c(=O)[nH]1. The molecule has 176 valence electrons. The van der Waals surface area contributed by atoms with Crippen LogP contribution in [-0.2, 0) is 36.3 Å². The number of nitrogens with one attached hydrogen (secondary N) is 1. The number of phosphoric acid groups is 3. The molecule has 31 heavy (non-hydrogen) atoms. The van der Waals surface area contributed by atoms with Crippen molar-refractivity contribution in [1.82, 2.24) is 9.55 Å². The van der Waals surface area contributed by atoms with Gasteiger partial charge in [-0.15, -0.1) is 0 Å². The first kappa shape index (κ1) is 24.5. The molecule has 0 aliphatic carbocycles. The van der Waals surface area contributed by atoms with Crippen molar-refractivity contribution >= 4 is 23.5 Å². The number of hydrogen-bond acceptors (Lipinski definition) is 11. The zero-order chi connectivity index (χ0) is 23.5. The van der Waals surface area contributed by atoms with Gasteiger partial charge in [0.1, 0.15) is 5.60 Å². The Morgan fingerprint density at radius 1 is 1.19 bits per heavy atom. The lowest BCUT2D eigenvalue weighted by atomic mass is 9.99. The van der Waals surface area contributed by atoms with Gasteiger partial charge in [-0.05, 0) is 0 Å². The highest BCUT2D eigenvalue weighted by Crippen LogP contribution is 2.66. The fourth-order valence-corrected chi connectivity index (χ4v) is 5.94. The zero-order valence-electron chi connectivity index (χ0n) is 14.7. The largest absolute Gasteiger partial charge is 0.490 e. The fourth-order valence-electron chi connectivity index (χ4n) is 2.86. The molecule has 2 aliphatic heterocycles. The van der Waals surface area contributed by atoms with Crippen LogP contribution in [0.15, 0.2) is 21.9 Å². The number of ether oxygens (including phenoxy) is 2. The molecular weight excluding hydrogens is 500 g/mol. The normalized spacial score (nSPS) is 34.4. The minimum Gasteiger partial charge on any atom is -0.384 e. The molecule has 1 aromatic heterocycles. The zero-order valence-corrected chi connectivity index (χ0v) is 17.4. The van der Waals surface area contributed by atoms with Crippen LogP contribution in [-0.4, -0.2) is 65.0 Å². The number of nitrogens with zero attached hydrogens (tertiary/aromatic N) is 1. The highest BCUT2D eigenvalue weighted by molar-refractivity contribution is 7.66. The highest BCUT2D eigenvalue weighted by Gasteiger charge is 2.73. The van der Waals surface area contributed by atoms with E-state index in [9.17, 15) is 33.3 Å². The number of H-pyrrole nitrogens is 1. The van der Waals surface area contributed by atoms with Gasteiger partial charge in [0.05, 0.1) is 13.2 Å². The monoisotopic (exact) mass is 514 g/mol. The van der Waals surface area contributed by atoms with Crippen molar-refractivity contribution in [2.75, 3.05) is 13.2 Å². The number of aliphatic hydroxyl groups excluding tert-OH is 1. The predicted molar refractivity (Wildman–Crippen MR) is 89.8 cm³/mol. The van der Waals surface area contributed by atoms with Crippen LogP contribution in [0.1, 0.15) is 6.23 Å². The second kappa shape index (κ2) is 7.74. The second-order valence-corrected chi connectivity index (χ2v) is 10.7. The number of aromatic nitrogens is 2. The molecule has 2 saturated heterocycles. The van der Waals surface area contributed by atoms with E-state index in [1.165, 1.54) is 0 Å². The number of phosphoric ester groups is 1. The smallest absolute Gasteiger partial charge is 0.384 e. The third kappa shape index (κ3) is 4.96. The van der Waals surface area contributed by atoms with E-state index in [1.807, 2.05) is 4.98 Å². The first-order chi connectivity index (χ1) is 14.0. The molecular formula is C10H14FN2O15P3. The Balaban J connectivity index is 1.78. The highest BCUT2D eigenvalue weighted by atomic mass is 31.3. The number of halogens is 1. The van der Waals surface area contributed by atoms with E-state index in [0.29, 0.717) is 4.57 Å². The van der Waals surface area contributed by atoms with E-state index in [4.69, 9.17) is 24.2 Å². The van der Waals surface area contributed by atoms with Gasteiger partial charge in [0.25, 0.3) is 11.4 Å². The van der Waals surface area contributed by atoms with Gasteiger partial charge in [0, 0.05) is 12.3 Å². The molecule has 6 unspecified atom stereocenters. The molecule has 17 nitrogen and oxygen atoms in total. The third-order valence-corrected chi connectivity index (χ3v) is 7.87. The van der Waals surface area contributed by atoms with Gasteiger partial charge in [-0.25, -0.2) is 22.9 Å². The fraction of sp³-hybridized carbons (Fsp3) is 0.600. The van der Waals surface area contributed by atoms with Gasteiger partial charge >= 0.3 is 29.2 Å². The Morgan fingerprint density at radius 3 is 2.42 bits per heavy atom. The topological polar surface area (TPSA) is 253 Å². The van der Waals surface area contributed by atoms with Crippen LogP contribution in [0.4, 0.5) is 4.39 Å². The van der Waals surface area contributed by atoms with Gasteiger partial charge in [0.15, 0.2) is 6.10 Å². The molecule has 0 spiro atoms. The molecule has 2 aliphatic rings. The molecule has 0 aromatic carbocycles. The summed E-state index contributed by atoms with van der Waals surface area (Å²) in [5.74, 6) is -3.07. The molecule has 3 rings (SSSR count). The van der Waals surface area contributed by atoms with Crippen LogP contribution in [0.3, 0.4) is 0 Å². The lowest BCUT2D eigenvalue weighted by Crippen LogP contribution is -2.45. The van der Waals surface area contributed by atoms with Crippen LogP contribution in [0.5, 0.6) is 0 Å². The maximum Gasteiger partial charge on any atom is 0.490 e. The van der Waals surface area contributed by atoms with Gasteiger partial charge in [0.2, 0.25) is 6.23 Å². The van der Waals surface area contributed by atoms with E-state index < -0.39 is 71.7 Å². The first-order valence-corrected chi connectivity index (χ1v) is 12.3. The van der Waals surface area contributed by atoms with E-state index >= 15 is 4.39 Å². The Bertz CT molecular complexity index is 1130. The lowest BCUT2D eigenvalue weighted by Gasteiger charge is -2.32. The minimum atomic E-state index is -5.81. The summed E-state index contributed by atoms with van der Waals surface area (Å²) < 4.78 is 71.0. The van der Waals surface area contributed by atoms with Gasteiger partial charge in [-0.2, -0.15) is 8.62 Å². The number of aliphatic hydroxyl groups is 1. The predicted octanol–water partition coefficient (Wildman–Crippen LogP) is -1.80. The van der Waals surface area contributed by atoms with Crippen LogP contribution in [0.25, 0.3) is 0 Å². The molecule has 21 heteroatoms. The third-order valence-electron chi connectivity index (χ3n) is 4.08. The molecule has 6 N–H and O–H groups in total. The maximum absolute atomic E-state index is 15.2. The van der Waals surface area contributed by atoms with Crippen LogP contribution >= 0.6 is 23.5 Å². The quantitative estimate of drug-likeness (QED) is 0.209. The number of alkyl halides is 1.